The van der Waals surface area contributed by atoms with Crippen LogP contribution in [0.15, 0.2) is 18.3 Å². The van der Waals surface area contributed by atoms with Crippen LogP contribution in [0.25, 0.3) is 0 Å². The van der Waals surface area contributed by atoms with Crippen molar-refractivity contribution in [1.82, 2.24) is 9.88 Å². The number of hydrogen-bond acceptors (Lipinski definition) is 5. The minimum atomic E-state index is -0.0651. The van der Waals surface area contributed by atoms with Gasteiger partial charge in [0.1, 0.15) is 11.7 Å². The van der Waals surface area contributed by atoms with Crippen molar-refractivity contribution in [2.75, 3.05) is 24.7 Å². The summed E-state index contributed by atoms with van der Waals surface area (Å²) in [6.07, 6.45) is 8.37. The third-order valence-electron chi connectivity index (χ3n) is 4.79. The van der Waals surface area contributed by atoms with Crippen molar-refractivity contribution in [1.29, 1.82) is 0 Å². The average molecular weight is 350 g/mol. The Morgan fingerprint density at radius 2 is 2.17 bits per heavy atom. The van der Waals surface area contributed by atoms with Crippen LogP contribution in [0.4, 0.5) is 0 Å². The first-order valence-corrected chi connectivity index (χ1v) is 10.1. The van der Waals surface area contributed by atoms with Gasteiger partial charge in [0.2, 0.25) is 5.88 Å². The van der Waals surface area contributed by atoms with Crippen molar-refractivity contribution in [3.8, 4) is 5.88 Å². The largest absolute Gasteiger partial charge is 0.473 e. The van der Waals surface area contributed by atoms with E-state index in [2.05, 4.69) is 4.98 Å². The minimum absolute atomic E-state index is 0.0159. The molecular formula is C18H26N2O3S. The van der Waals surface area contributed by atoms with E-state index in [1.807, 2.05) is 16.7 Å². The van der Waals surface area contributed by atoms with Crippen LogP contribution in [-0.2, 0) is 0 Å². The van der Waals surface area contributed by atoms with Crippen LogP contribution in [0.5, 0.6) is 5.88 Å². The predicted molar refractivity (Wildman–Crippen MR) is 95.6 cm³/mol. The van der Waals surface area contributed by atoms with Crippen LogP contribution >= 0.6 is 11.8 Å². The molecule has 2 heterocycles. The first-order chi connectivity index (χ1) is 11.8. The smallest absolute Gasteiger partial charge is 0.259 e. The molecule has 6 heteroatoms. The van der Waals surface area contributed by atoms with E-state index < -0.39 is 0 Å². The maximum absolute atomic E-state index is 13.1. The number of amides is 1. The molecule has 132 valence electrons. The number of nitrogens with zero attached hydrogens (tertiary/aromatic N) is 2. The highest BCUT2D eigenvalue weighted by molar-refractivity contribution is 7.99. The molecule has 1 aliphatic heterocycles. The molecule has 1 aromatic rings. The number of carbonyl (C=O) groups is 1. The fourth-order valence-electron chi connectivity index (χ4n) is 3.52. The molecule has 1 saturated heterocycles. The van der Waals surface area contributed by atoms with E-state index in [1.165, 1.54) is 6.42 Å². The first-order valence-electron chi connectivity index (χ1n) is 8.91. The summed E-state index contributed by atoms with van der Waals surface area (Å²) in [5.74, 6) is 2.42. The molecule has 1 amide bonds. The highest BCUT2D eigenvalue weighted by atomic mass is 32.2. The summed E-state index contributed by atoms with van der Waals surface area (Å²) >= 11 is 1.87. The third kappa shape index (κ3) is 4.22. The van der Waals surface area contributed by atoms with Crippen LogP contribution in [-0.4, -0.2) is 57.7 Å². The summed E-state index contributed by atoms with van der Waals surface area (Å²) < 4.78 is 6.00. The zero-order chi connectivity index (χ0) is 16.8. The van der Waals surface area contributed by atoms with Gasteiger partial charge < -0.3 is 14.7 Å². The Hall–Kier alpha value is -1.27. The molecule has 3 rings (SSSR count). The number of carbonyl (C=O) groups excluding carboxylic acids is 1. The molecule has 0 bridgehead atoms. The van der Waals surface area contributed by atoms with Crippen LogP contribution in [0.2, 0.25) is 0 Å². The molecule has 24 heavy (non-hydrogen) atoms. The summed E-state index contributed by atoms with van der Waals surface area (Å²) in [5.41, 5.74) is 0.522. The Morgan fingerprint density at radius 3 is 2.88 bits per heavy atom. The van der Waals surface area contributed by atoms with E-state index in [9.17, 15) is 9.90 Å². The summed E-state index contributed by atoms with van der Waals surface area (Å²) in [4.78, 5) is 19.3. The second-order valence-corrected chi connectivity index (χ2v) is 7.62. The highest BCUT2D eigenvalue weighted by Gasteiger charge is 2.29. The number of aromatic nitrogens is 1. The van der Waals surface area contributed by atoms with Gasteiger partial charge in [-0.3, -0.25) is 4.79 Å². The lowest BCUT2D eigenvalue weighted by Gasteiger charge is -2.34. The predicted octanol–water partition coefficient (Wildman–Crippen LogP) is 2.73. The van der Waals surface area contributed by atoms with Gasteiger partial charge in [-0.15, -0.1) is 0 Å². The molecule has 2 fully saturated rings. The van der Waals surface area contributed by atoms with Gasteiger partial charge in [0, 0.05) is 24.5 Å². The van der Waals surface area contributed by atoms with E-state index in [0.717, 1.165) is 43.6 Å². The van der Waals surface area contributed by atoms with E-state index in [0.29, 0.717) is 18.0 Å². The molecule has 0 spiro atoms. The van der Waals surface area contributed by atoms with Crippen LogP contribution in [0.1, 0.15) is 48.9 Å². The summed E-state index contributed by atoms with van der Waals surface area (Å²) in [6.45, 7) is 0.356. The van der Waals surface area contributed by atoms with E-state index in [1.54, 1.807) is 18.3 Å². The molecule has 1 aromatic heterocycles. The van der Waals surface area contributed by atoms with Gasteiger partial charge in [-0.05, 0) is 37.1 Å². The Balaban J connectivity index is 1.78. The molecule has 1 aliphatic carbocycles. The van der Waals surface area contributed by atoms with E-state index >= 15 is 0 Å². The third-order valence-corrected chi connectivity index (χ3v) is 5.92. The second kappa shape index (κ2) is 8.72. The molecule has 0 radical (unpaired) electrons. The SMILES string of the molecule is O=C(c1cccnc1OC1CCSC1)N(CCO)C1CCCCC1. The van der Waals surface area contributed by atoms with Crippen molar-refractivity contribution in [2.24, 2.45) is 0 Å². The lowest BCUT2D eigenvalue weighted by Crippen LogP contribution is -2.43. The van der Waals surface area contributed by atoms with E-state index in [4.69, 9.17) is 4.74 Å². The lowest BCUT2D eigenvalue weighted by atomic mass is 9.93. The number of pyridine rings is 1. The van der Waals surface area contributed by atoms with Gasteiger partial charge >= 0.3 is 0 Å². The van der Waals surface area contributed by atoms with E-state index in [-0.39, 0.29) is 24.7 Å². The summed E-state index contributed by atoms with van der Waals surface area (Å²) in [7, 11) is 0. The van der Waals surface area contributed by atoms with Gasteiger partial charge in [-0.2, -0.15) is 11.8 Å². The molecular weight excluding hydrogens is 324 g/mol. The molecule has 1 atom stereocenters. The molecule has 1 unspecified atom stereocenters. The molecule has 2 aliphatic rings. The first kappa shape index (κ1) is 17.5. The maximum Gasteiger partial charge on any atom is 0.259 e. The Kier molecular flexibility index (Phi) is 6.37. The summed E-state index contributed by atoms with van der Waals surface area (Å²) in [6, 6.07) is 3.79. The zero-order valence-electron chi connectivity index (χ0n) is 14.0. The number of hydrogen-bond donors (Lipinski definition) is 1. The van der Waals surface area contributed by atoms with Gasteiger partial charge in [0.25, 0.3) is 5.91 Å². The van der Waals surface area contributed by atoms with Gasteiger partial charge in [-0.1, -0.05) is 19.3 Å². The maximum atomic E-state index is 13.1. The van der Waals surface area contributed by atoms with Gasteiger partial charge in [0.05, 0.1) is 6.61 Å². The van der Waals surface area contributed by atoms with Crippen molar-refractivity contribution in [3.05, 3.63) is 23.9 Å². The van der Waals surface area contributed by atoms with Crippen molar-refractivity contribution >= 4 is 17.7 Å². The number of thioether (sulfide) groups is 1. The molecule has 0 aromatic carbocycles. The number of aliphatic hydroxyl groups is 1. The Labute approximate surface area is 147 Å². The normalized spacial score (nSPS) is 21.6. The lowest BCUT2D eigenvalue weighted by molar-refractivity contribution is 0.0578. The number of aliphatic hydroxyl groups excluding tert-OH is 1. The standard InChI is InChI=1S/C18H26N2O3S/c21-11-10-20(14-5-2-1-3-6-14)18(22)16-7-4-9-19-17(16)23-15-8-12-24-13-15/h4,7,9,14-15,21H,1-3,5-6,8,10-13H2. The van der Waals surface area contributed by atoms with Crippen molar-refractivity contribution in [3.63, 3.8) is 0 Å². The number of rotatable bonds is 6. The monoisotopic (exact) mass is 350 g/mol. The fourth-order valence-corrected chi connectivity index (χ4v) is 4.61. The molecule has 1 saturated carbocycles. The van der Waals surface area contributed by atoms with Crippen molar-refractivity contribution < 1.29 is 14.6 Å². The second-order valence-electron chi connectivity index (χ2n) is 6.47. The van der Waals surface area contributed by atoms with Crippen LogP contribution in [0.3, 0.4) is 0 Å². The quantitative estimate of drug-likeness (QED) is 0.855. The average Bonchev–Trinajstić information content (AvgIpc) is 3.13. The van der Waals surface area contributed by atoms with Gasteiger partial charge in [-0.25, -0.2) is 4.98 Å². The highest BCUT2D eigenvalue weighted by Crippen LogP contribution is 2.28. The van der Waals surface area contributed by atoms with Crippen LogP contribution < -0.4 is 4.74 Å². The molecule has 5 nitrogen and oxygen atoms in total. The Morgan fingerprint density at radius 1 is 1.33 bits per heavy atom. The van der Waals surface area contributed by atoms with Crippen LogP contribution in [0, 0.1) is 0 Å². The summed E-state index contributed by atoms with van der Waals surface area (Å²) in [5, 5.41) is 9.42. The number of ether oxygens (including phenoxy) is 1. The molecule has 1 N–H and O–H groups in total. The topological polar surface area (TPSA) is 62.7 Å². The minimum Gasteiger partial charge on any atom is -0.473 e. The van der Waals surface area contributed by atoms with Gasteiger partial charge in [0.15, 0.2) is 0 Å². The van der Waals surface area contributed by atoms with Crippen molar-refractivity contribution in [2.45, 2.75) is 50.7 Å². The Bertz CT molecular complexity index is 543. The fraction of sp³-hybridized carbons (Fsp3) is 0.667. The zero-order valence-corrected chi connectivity index (χ0v) is 14.8.